The minimum absolute atomic E-state index is 0.0796. The third kappa shape index (κ3) is 56.3. The fourth-order valence-electron chi connectivity index (χ4n) is 8.86. The van der Waals surface area contributed by atoms with Gasteiger partial charge in [0.2, 0.25) is 0 Å². The van der Waals surface area contributed by atoms with Crippen molar-refractivity contribution in [2.24, 2.45) is 0 Å². The van der Waals surface area contributed by atoms with Crippen molar-refractivity contribution in [1.29, 1.82) is 0 Å². The molecule has 6 nitrogen and oxygen atoms in total. The van der Waals surface area contributed by atoms with E-state index in [-0.39, 0.29) is 31.1 Å². The van der Waals surface area contributed by atoms with Crippen LogP contribution in [0.25, 0.3) is 0 Å². The van der Waals surface area contributed by atoms with Crippen LogP contribution >= 0.6 is 0 Å². The molecule has 0 aromatic rings. The van der Waals surface area contributed by atoms with Crippen LogP contribution in [0.1, 0.15) is 323 Å². The number of unbranched alkanes of at least 4 members (excludes halogenated alkanes) is 37. The average molecular weight is 982 g/mol. The summed E-state index contributed by atoms with van der Waals surface area (Å²) in [5.74, 6) is -0.890. The molecule has 6 heteroatoms. The number of rotatable bonds is 56. The Morgan fingerprint density at radius 2 is 0.529 bits per heavy atom. The molecule has 1 unspecified atom stereocenters. The Labute approximate surface area is 435 Å². The molecular weight excluding hydrogens is 865 g/mol. The molecule has 0 bridgehead atoms. The predicted octanol–water partition coefficient (Wildman–Crippen LogP) is 20.6. The minimum Gasteiger partial charge on any atom is -0.462 e. The molecule has 0 aliphatic carbocycles. The van der Waals surface area contributed by atoms with Crippen molar-refractivity contribution < 1.29 is 28.6 Å². The molecule has 0 amide bonds. The fraction of sp³-hybridized carbons (Fsp3) is 0.828. The third-order valence-electron chi connectivity index (χ3n) is 13.5. The van der Waals surface area contributed by atoms with Crippen LogP contribution in [0.5, 0.6) is 0 Å². The van der Waals surface area contributed by atoms with Gasteiger partial charge in [0.25, 0.3) is 0 Å². The van der Waals surface area contributed by atoms with Gasteiger partial charge in [-0.3, -0.25) is 14.4 Å². The van der Waals surface area contributed by atoms with Gasteiger partial charge >= 0.3 is 17.9 Å². The van der Waals surface area contributed by atoms with Crippen LogP contribution in [0.3, 0.4) is 0 Å². The lowest BCUT2D eigenvalue weighted by molar-refractivity contribution is -0.167. The first-order valence-electron chi connectivity index (χ1n) is 30.6. The standard InChI is InChI=1S/C64H116O6/c1-4-7-10-13-16-19-22-24-26-28-29-30-31-32-33-34-35-36-38-39-42-45-48-51-54-57-63(66)69-60-61(59-68-62(65)56-53-50-47-44-41-21-18-15-12-9-6-3)70-64(67)58-55-52-49-46-43-40-37-27-25-23-20-17-14-11-8-5-2/h15,18,20,23,27-29,37,61H,4-14,16-17,19,21-22,24-26,30-36,38-60H2,1-3H3/b18-15-,23-20-,29-28-,37-27-. The highest BCUT2D eigenvalue weighted by Crippen LogP contribution is 2.16. The maximum Gasteiger partial charge on any atom is 0.306 e. The summed E-state index contributed by atoms with van der Waals surface area (Å²) in [7, 11) is 0. The highest BCUT2D eigenvalue weighted by molar-refractivity contribution is 5.71. The van der Waals surface area contributed by atoms with Gasteiger partial charge < -0.3 is 14.2 Å². The van der Waals surface area contributed by atoms with E-state index in [1.54, 1.807) is 0 Å². The van der Waals surface area contributed by atoms with Gasteiger partial charge in [-0.2, -0.15) is 0 Å². The zero-order valence-corrected chi connectivity index (χ0v) is 46.8. The maximum atomic E-state index is 12.8. The normalized spacial score (nSPS) is 12.3. The van der Waals surface area contributed by atoms with Crippen molar-refractivity contribution in [1.82, 2.24) is 0 Å². The Bertz CT molecular complexity index is 1220. The molecule has 0 N–H and O–H groups in total. The summed E-state index contributed by atoms with van der Waals surface area (Å²) in [6, 6.07) is 0. The maximum absolute atomic E-state index is 12.8. The van der Waals surface area contributed by atoms with E-state index < -0.39 is 6.10 Å². The molecule has 0 saturated heterocycles. The summed E-state index contributed by atoms with van der Waals surface area (Å²) in [4.78, 5) is 38.1. The number of carbonyl (C=O) groups is 3. The van der Waals surface area contributed by atoms with E-state index in [0.29, 0.717) is 19.3 Å². The first-order chi connectivity index (χ1) is 34.5. The van der Waals surface area contributed by atoms with Gasteiger partial charge in [0, 0.05) is 19.3 Å². The molecule has 0 heterocycles. The number of carbonyl (C=O) groups excluding carboxylic acids is 3. The van der Waals surface area contributed by atoms with Crippen molar-refractivity contribution in [2.45, 2.75) is 329 Å². The highest BCUT2D eigenvalue weighted by atomic mass is 16.6. The average Bonchev–Trinajstić information content (AvgIpc) is 3.36. The molecule has 0 aromatic heterocycles. The monoisotopic (exact) mass is 981 g/mol. The van der Waals surface area contributed by atoms with E-state index >= 15 is 0 Å². The molecule has 0 aromatic carbocycles. The van der Waals surface area contributed by atoms with Crippen LogP contribution in [0.4, 0.5) is 0 Å². The molecule has 1 atom stereocenters. The molecule has 0 aliphatic heterocycles. The van der Waals surface area contributed by atoms with E-state index in [1.807, 2.05) is 0 Å². The number of allylic oxidation sites excluding steroid dienone is 8. The lowest BCUT2D eigenvalue weighted by atomic mass is 10.0. The Morgan fingerprint density at radius 3 is 0.857 bits per heavy atom. The quantitative estimate of drug-likeness (QED) is 0.0261. The van der Waals surface area contributed by atoms with E-state index in [0.717, 1.165) is 89.9 Å². The molecule has 0 radical (unpaired) electrons. The van der Waals surface area contributed by atoms with Crippen LogP contribution in [0.15, 0.2) is 48.6 Å². The van der Waals surface area contributed by atoms with Gasteiger partial charge in [0.05, 0.1) is 0 Å². The van der Waals surface area contributed by atoms with Crippen molar-refractivity contribution in [3.05, 3.63) is 48.6 Å². The molecular formula is C64H116O6. The Kier molecular flexibility index (Phi) is 56.7. The van der Waals surface area contributed by atoms with Crippen LogP contribution in [-0.2, 0) is 28.6 Å². The topological polar surface area (TPSA) is 78.9 Å². The van der Waals surface area contributed by atoms with E-state index in [2.05, 4.69) is 69.4 Å². The Balaban J connectivity index is 4.23. The zero-order chi connectivity index (χ0) is 50.7. The fourth-order valence-corrected chi connectivity index (χ4v) is 8.86. The van der Waals surface area contributed by atoms with Crippen molar-refractivity contribution >= 4 is 17.9 Å². The second-order valence-corrected chi connectivity index (χ2v) is 20.6. The van der Waals surface area contributed by atoms with Crippen molar-refractivity contribution in [3.63, 3.8) is 0 Å². The van der Waals surface area contributed by atoms with Crippen LogP contribution < -0.4 is 0 Å². The molecule has 0 saturated carbocycles. The summed E-state index contributed by atoms with van der Waals surface area (Å²) in [5.41, 5.74) is 0. The molecule has 0 rings (SSSR count). The van der Waals surface area contributed by atoms with Crippen LogP contribution in [0.2, 0.25) is 0 Å². The van der Waals surface area contributed by atoms with Gasteiger partial charge in [-0.15, -0.1) is 0 Å². The van der Waals surface area contributed by atoms with Gasteiger partial charge in [-0.25, -0.2) is 0 Å². The van der Waals surface area contributed by atoms with Crippen molar-refractivity contribution in [2.75, 3.05) is 13.2 Å². The highest BCUT2D eigenvalue weighted by Gasteiger charge is 2.19. The summed E-state index contributed by atoms with van der Waals surface area (Å²) < 4.78 is 16.9. The van der Waals surface area contributed by atoms with Crippen LogP contribution in [-0.4, -0.2) is 37.2 Å². The molecule has 0 aliphatic rings. The summed E-state index contributed by atoms with van der Waals surface area (Å²) in [5, 5.41) is 0. The lowest BCUT2D eigenvalue weighted by Gasteiger charge is -2.18. The second-order valence-electron chi connectivity index (χ2n) is 20.6. The SMILES string of the molecule is CCCC/C=C\CCCCCCCC(=O)OCC(COC(=O)CCCCCCCCCCCCCCC/C=C\CCCCCCCCCC)OC(=O)CCCCCCC/C=C\C/C=C\CCCCCC. The second kappa shape index (κ2) is 58.9. The number of hydrogen-bond donors (Lipinski definition) is 0. The van der Waals surface area contributed by atoms with E-state index in [9.17, 15) is 14.4 Å². The smallest absolute Gasteiger partial charge is 0.306 e. The Hall–Kier alpha value is -2.63. The van der Waals surface area contributed by atoms with Crippen molar-refractivity contribution in [3.8, 4) is 0 Å². The summed E-state index contributed by atoms with van der Waals surface area (Å²) in [6.07, 6.45) is 72.6. The minimum atomic E-state index is -0.782. The number of esters is 3. The van der Waals surface area contributed by atoms with E-state index in [4.69, 9.17) is 14.2 Å². The number of ether oxygens (including phenoxy) is 3. The summed E-state index contributed by atoms with van der Waals surface area (Å²) in [6.45, 7) is 6.60. The largest absolute Gasteiger partial charge is 0.462 e. The molecule has 0 spiro atoms. The Morgan fingerprint density at radius 1 is 0.286 bits per heavy atom. The molecule has 0 fully saturated rings. The molecule has 70 heavy (non-hydrogen) atoms. The van der Waals surface area contributed by atoms with Gasteiger partial charge in [-0.05, 0) is 96.3 Å². The number of hydrogen-bond acceptors (Lipinski definition) is 6. The van der Waals surface area contributed by atoms with Gasteiger partial charge in [0.1, 0.15) is 13.2 Å². The van der Waals surface area contributed by atoms with Gasteiger partial charge in [-0.1, -0.05) is 256 Å². The first-order valence-corrected chi connectivity index (χ1v) is 30.6. The van der Waals surface area contributed by atoms with Gasteiger partial charge in [0.15, 0.2) is 6.10 Å². The lowest BCUT2D eigenvalue weighted by Crippen LogP contribution is -2.30. The molecule has 408 valence electrons. The van der Waals surface area contributed by atoms with E-state index in [1.165, 1.54) is 193 Å². The first kappa shape index (κ1) is 67.4. The zero-order valence-electron chi connectivity index (χ0n) is 46.8. The third-order valence-corrected chi connectivity index (χ3v) is 13.5. The predicted molar refractivity (Wildman–Crippen MR) is 302 cm³/mol. The van der Waals surface area contributed by atoms with Crippen LogP contribution in [0, 0.1) is 0 Å². The summed E-state index contributed by atoms with van der Waals surface area (Å²) >= 11 is 0.